The third kappa shape index (κ3) is 3.06. The highest BCUT2D eigenvalue weighted by Crippen LogP contribution is 2.29. The third-order valence-corrected chi connectivity index (χ3v) is 3.15. The van der Waals surface area contributed by atoms with Crippen molar-refractivity contribution in [2.24, 2.45) is 0 Å². The fourth-order valence-electron chi connectivity index (χ4n) is 2.00. The lowest BCUT2D eigenvalue weighted by Gasteiger charge is -2.10. The van der Waals surface area contributed by atoms with Crippen LogP contribution < -0.4 is 10.1 Å². The molecule has 5 heteroatoms. The van der Waals surface area contributed by atoms with Crippen LogP contribution in [0.5, 0.6) is 11.6 Å². The van der Waals surface area contributed by atoms with E-state index in [1.165, 1.54) is 0 Å². The van der Waals surface area contributed by atoms with Crippen LogP contribution in [0.4, 0.5) is 5.95 Å². The minimum Gasteiger partial charge on any atom is -0.438 e. The van der Waals surface area contributed by atoms with Crippen LogP contribution in [-0.4, -0.2) is 16.5 Å². The molecule has 106 valence electrons. The van der Waals surface area contributed by atoms with Crippen molar-refractivity contribution in [3.05, 3.63) is 53.6 Å². The summed E-state index contributed by atoms with van der Waals surface area (Å²) in [5, 5.41) is 4.59. The van der Waals surface area contributed by atoms with Gasteiger partial charge in [-0.2, -0.15) is 4.98 Å². The van der Waals surface area contributed by atoms with Crippen LogP contribution >= 0.6 is 11.6 Å². The number of ether oxygens (including phenoxy) is 1. The van der Waals surface area contributed by atoms with Gasteiger partial charge in [0.15, 0.2) is 0 Å². The van der Waals surface area contributed by atoms with E-state index in [2.05, 4.69) is 15.3 Å². The van der Waals surface area contributed by atoms with Gasteiger partial charge in [-0.1, -0.05) is 29.8 Å². The molecule has 4 nitrogen and oxygen atoms in total. The second kappa shape index (κ2) is 5.97. The Bertz CT molecular complexity index is 776. The summed E-state index contributed by atoms with van der Waals surface area (Å²) in [5.41, 5.74) is 0.834. The maximum atomic E-state index is 5.99. The van der Waals surface area contributed by atoms with Gasteiger partial charge in [-0.15, -0.1) is 0 Å². The molecule has 0 spiro atoms. The molecule has 2 aromatic carbocycles. The number of benzene rings is 2. The van der Waals surface area contributed by atoms with Crippen LogP contribution in [-0.2, 0) is 0 Å². The van der Waals surface area contributed by atoms with Crippen molar-refractivity contribution in [3.63, 3.8) is 0 Å². The van der Waals surface area contributed by atoms with Gasteiger partial charge in [0.1, 0.15) is 5.75 Å². The molecule has 0 saturated heterocycles. The molecule has 0 aliphatic heterocycles. The summed E-state index contributed by atoms with van der Waals surface area (Å²) in [5.74, 6) is 1.71. The van der Waals surface area contributed by atoms with Gasteiger partial charge >= 0.3 is 0 Å². The molecular formula is C16H14ClN3O. The SMILES string of the molecule is CCNc1nc(Oc2cccc(Cl)c2)c2ccccc2n1. The highest BCUT2D eigenvalue weighted by atomic mass is 35.5. The van der Waals surface area contributed by atoms with E-state index in [-0.39, 0.29) is 0 Å². The molecule has 0 aliphatic rings. The first kappa shape index (κ1) is 13.6. The van der Waals surface area contributed by atoms with Gasteiger partial charge < -0.3 is 10.1 Å². The average molecular weight is 300 g/mol. The molecule has 3 rings (SSSR count). The van der Waals surface area contributed by atoms with E-state index in [4.69, 9.17) is 16.3 Å². The van der Waals surface area contributed by atoms with Crippen molar-refractivity contribution in [1.82, 2.24) is 9.97 Å². The lowest BCUT2D eigenvalue weighted by Crippen LogP contribution is -2.03. The number of halogens is 1. The van der Waals surface area contributed by atoms with Crippen molar-refractivity contribution in [2.75, 3.05) is 11.9 Å². The number of para-hydroxylation sites is 1. The Balaban J connectivity index is 2.07. The monoisotopic (exact) mass is 299 g/mol. The Labute approximate surface area is 127 Å². The molecule has 3 aromatic rings. The molecule has 0 atom stereocenters. The first-order valence-corrected chi connectivity index (χ1v) is 7.08. The van der Waals surface area contributed by atoms with Crippen LogP contribution in [0.2, 0.25) is 5.02 Å². The molecule has 0 bridgehead atoms. The Kier molecular flexibility index (Phi) is 3.88. The van der Waals surface area contributed by atoms with Gasteiger partial charge in [-0.3, -0.25) is 0 Å². The quantitative estimate of drug-likeness (QED) is 0.770. The number of nitrogens with one attached hydrogen (secondary N) is 1. The van der Waals surface area contributed by atoms with Crippen molar-refractivity contribution < 1.29 is 4.74 Å². The predicted molar refractivity (Wildman–Crippen MR) is 85.2 cm³/mol. The van der Waals surface area contributed by atoms with Crippen LogP contribution in [0.15, 0.2) is 48.5 Å². The van der Waals surface area contributed by atoms with Crippen LogP contribution in [0.1, 0.15) is 6.92 Å². The van der Waals surface area contributed by atoms with Crippen molar-refractivity contribution in [1.29, 1.82) is 0 Å². The summed E-state index contributed by atoms with van der Waals surface area (Å²) >= 11 is 5.99. The maximum absolute atomic E-state index is 5.99. The van der Waals surface area contributed by atoms with E-state index in [0.717, 1.165) is 17.4 Å². The van der Waals surface area contributed by atoms with Crippen LogP contribution in [0, 0.1) is 0 Å². The molecule has 1 N–H and O–H groups in total. The first-order chi connectivity index (χ1) is 10.3. The van der Waals surface area contributed by atoms with Gasteiger partial charge in [-0.05, 0) is 37.3 Å². The highest BCUT2D eigenvalue weighted by molar-refractivity contribution is 6.30. The van der Waals surface area contributed by atoms with Crippen molar-refractivity contribution in [3.8, 4) is 11.6 Å². The molecule has 1 aromatic heterocycles. The molecular weight excluding hydrogens is 286 g/mol. The van der Waals surface area contributed by atoms with Crippen molar-refractivity contribution >= 4 is 28.5 Å². The van der Waals surface area contributed by atoms with Gasteiger partial charge in [0.05, 0.1) is 10.9 Å². The Morgan fingerprint density at radius 1 is 1.10 bits per heavy atom. The second-order valence-corrected chi connectivity index (χ2v) is 4.90. The van der Waals surface area contributed by atoms with Gasteiger partial charge in [0, 0.05) is 11.6 Å². The number of fused-ring (bicyclic) bond motifs is 1. The Morgan fingerprint density at radius 3 is 2.76 bits per heavy atom. The lowest BCUT2D eigenvalue weighted by molar-refractivity contribution is 0.469. The average Bonchev–Trinajstić information content (AvgIpc) is 2.48. The number of aromatic nitrogens is 2. The molecule has 0 fully saturated rings. The lowest BCUT2D eigenvalue weighted by atomic mass is 10.2. The summed E-state index contributed by atoms with van der Waals surface area (Å²) in [6, 6.07) is 15.0. The summed E-state index contributed by atoms with van der Waals surface area (Å²) in [7, 11) is 0. The number of nitrogens with zero attached hydrogens (tertiary/aromatic N) is 2. The zero-order valence-electron chi connectivity index (χ0n) is 11.5. The fraction of sp³-hybridized carbons (Fsp3) is 0.125. The van der Waals surface area contributed by atoms with Crippen molar-refractivity contribution in [2.45, 2.75) is 6.92 Å². The number of anilines is 1. The Hall–Kier alpha value is -2.33. The van der Waals surface area contributed by atoms with Gasteiger partial charge in [0.2, 0.25) is 11.8 Å². The first-order valence-electron chi connectivity index (χ1n) is 6.70. The largest absolute Gasteiger partial charge is 0.438 e. The highest BCUT2D eigenvalue weighted by Gasteiger charge is 2.09. The van der Waals surface area contributed by atoms with E-state index in [0.29, 0.717) is 22.6 Å². The van der Waals surface area contributed by atoms with Crippen LogP contribution in [0.3, 0.4) is 0 Å². The number of rotatable bonds is 4. The molecule has 0 unspecified atom stereocenters. The molecule has 0 saturated carbocycles. The van der Waals surface area contributed by atoms with Crippen LogP contribution in [0.25, 0.3) is 10.9 Å². The fourth-order valence-corrected chi connectivity index (χ4v) is 2.18. The zero-order chi connectivity index (χ0) is 14.7. The third-order valence-electron chi connectivity index (χ3n) is 2.91. The molecule has 0 amide bonds. The van der Waals surface area contributed by atoms with E-state index < -0.39 is 0 Å². The van der Waals surface area contributed by atoms with Gasteiger partial charge in [-0.25, -0.2) is 4.98 Å². The molecule has 1 heterocycles. The molecule has 0 aliphatic carbocycles. The number of hydrogen-bond acceptors (Lipinski definition) is 4. The minimum absolute atomic E-state index is 0.513. The van der Waals surface area contributed by atoms with E-state index >= 15 is 0 Å². The normalized spacial score (nSPS) is 10.6. The minimum atomic E-state index is 0.513. The predicted octanol–water partition coefficient (Wildman–Crippen LogP) is 4.51. The summed E-state index contributed by atoms with van der Waals surface area (Å²) < 4.78 is 5.88. The summed E-state index contributed by atoms with van der Waals surface area (Å²) in [6.45, 7) is 2.74. The Morgan fingerprint density at radius 2 is 1.95 bits per heavy atom. The standard InChI is InChI=1S/C16H14ClN3O/c1-2-18-16-19-14-9-4-3-8-13(14)15(20-16)21-12-7-5-6-11(17)10-12/h3-10H,2H2,1H3,(H,18,19,20). The molecule has 0 radical (unpaired) electrons. The summed E-state index contributed by atoms with van der Waals surface area (Å²) in [6.07, 6.45) is 0. The number of hydrogen-bond donors (Lipinski definition) is 1. The smallest absolute Gasteiger partial charge is 0.231 e. The second-order valence-electron chi connectivity index (χ2n) is 4.46. The maximum Gasteiger partial charge on any atom is 0.231 e. The zero-order valence-corrected chi connectivity index (χ0v) is 12.3. The topological polar surface area (TPSA) is 47.0 Å². The van der Waals surface area contributed by atoms with Gasteiger partial charge in [0.25, 0.3) is 0 Å². The molecule has 21 heavy (non-hydrogen) atoms. The summed E-state index contributed by atoms with van der Waals surface area (Å²) in [4.78, 5) is 8.88. The van der Waals surface area contributed by atoms with E-state index in [9.17, 15) is 0 Å². The van der Waals surface area contributed by atoms with E-state index in [1.54, 1.807) is 12.1 Å². The van der Waals surface area contributed by atoms with E-state index in [1.807, 2.05) is 43.3 Å².